The SMILES string of the molecule is CCc1cnc(-c2nn(Cc3ccccc3F)c3ncccc23)nc1. The number of benzene rings is 1. The number of pyridine rings is 1. The summed E-state index contributed by atoms with van der Waals surface area (Å²) < 4.78 is 15.7. The molecule has 4 aromatic rings. The number of hydrogen-bond acceptors (Lipinski definition) is 4. The molecule has 3 heterocycles. The van der Waals surface area contributed by atoms with E-state index in [2.05, 4.69) is 27.0 Å². The molecule has 0 saturated heterocycles. The Morgan fingerprint density at radius 3 is 2.56 bits per heavy atom. The van der Waals surface area contributed by atoms with Crippen LogP contribution in [0.2, 0.25) is 0 Å². The van der Waals surface area contributed by atoms with E-state index >= 15 is 0 Å². The highest BCUT2D eigenvalue weighted by atomic mass is 19.1. The first-order chi connectivity index (χ1) is 12.3. The third kappa shape index (κ3) is 2.87. The van der Waals surface area contributed by atoms with Gasteiger partial charge in [0.25, 0.3) is 0 Å². The monoisotopic (exact) mass is 333 g/mol. The van der Waals surface area contributed by atoms with Crippen molar-refractivity contribution in [3.63, 3.8) is 0 Å². The first kappa shape index (κ1) is 15.4. The Hall–Kier alpha value is -3.15. The summed E-state index contributed by atoms with van der Waals surface area (Å²) in [4.78, 5) is 13.2. The third-order valence-electron chi connectivity index (χ3n) is 4.11. The first-order valence-electron chi connectivity index (χ1n) is 8.12. The van der Waals surface area contributed by atoms with Crippen molar-refractivity contribution < 1.29 is 4.39 Å². The molecule has 5 nitrogen and oxygen atoms in total. The van der Waals surface area contributed by atoms with Gasteiger partial charge < -0.3 is 0 Å². The summed E-state index contributed by atoms with van der Waals surface area (Å²) in [7, 11) is 0. The van der Waals surface area contributed by atoms with Crippen LogP contribution in [0.4, 0.5) is 4.39 Å². The van der Waals surface area contributed by atoms with Gasteiger partial charge in [0.1, 0.15) is 11.5 Å². The molecule has 0 N–H and O–H groups in total. The van der Waals surface area contributed by atoms with E-state index in [1.54, 1.807) is 35.4 Å². The lowest BCUT2D eigenvalue weighted by Gasteiger charge is -2.04. The van der Waals surface area contributed by atoms with Crippen molar-refractivity contribution in [3.8, 4) is 11.5 Å². The number of halogens is 1. The van der Waals surface area contributed by atoms with Crippen molar-refractivity contribution in [2.45, 2.75) is 19.9 Å². The number of rotatable bonds is 4. The Kier molecular flexibility index (Phi) is 3.93. The van der Waals surface area contributed by atoms with Gasteiger partial charge in [-0.1, -0.05) is 25.1 Å². The fourth-order valence-electron chi connectivity index (χ4n) is 2.73. The number of hydrogen-bond donors (Lipinski definition) is 0. The van der Waals surface area contributed by atoms with Gasteiger partial charge >= 0.3 is 0 Å². The second kappa shape index (κ2) is 6.39. The molecule has 4 rings (SSSR count). The zero-order chi connectivity index (χ0) is 17.2. The molecular formula is C19H16FN5. The van der Waals surface area contributed by atoms with Crippen molar-refractivity contribution in [1.29, 1.82) is 0 Å². The molecule has 0 saturated carbocycles. The Morgan fingerprint density at radius 2 is 1.80 bits per heavy atom. The van der Waals surface area contributed by atoms with Gasteiger partial charge in [0.2, 0.25) is 0 Å². The van der Waals surface area contributed by atoms with Crippen LogP contribution in [0, 0.1) is 5.82 Å². The quantitative estimate of drug-likeness (QED) is 0.572. The highest BCUT2D eigenvalue weighted by Crippen LogP contribution is 2.25. The molecule has 0 aliphatic carbocycles. The summed E-state index contributed by atoms with van der Waals surface area (Å²) in [6.45, 7) is 2.36. The minimum atomic E-state index is -0.257. The number of aromatic nitrogens is 5. The van der Waals surface area contributed by atoms with Gasteiger partial charge in [-0.3, -0.25) is 0 Å². The fourth-order valence-corrected chi connectivity index (χ4v) is 2.73. The van der Waals surface area contributed by atoms with E-state index < -0.39 is 0 Å². The molecule has 0 fully saturated rings. The highest BCUT2D eigenvalue weighted by molar-refractivity contribution is 5.89. The van der Waals surface area contributed by atoms with Gasteiger partial charge in [-0.15, -0.1) is 0 Å². The van der Waals surface area contributed by atoms with Gasteiger partial charge in [-0.05, 0) is 30.2 Å². The number of aryl methyl sites for hydroxylation is 1. The maximum Gasteiger partial charge on any atom is 0.180 e. The van der Waals surface area contributed by atoms with E-state index in [0.29, 0.717) is 29.3 Å². The van der Waals surface area contributed by atoms with Gasteiger partial charge in [0.15, 0.2) is 11.5 Å². The lowest BCUT2D eigenvalue weighted by Crippen LogP contribution is -2.04. The van der Waals surface area contributed by atoms with Crippen molar-refractivity contribution in [2.24, 2.45) is 0 Å². The predicted octanol–water partition coefficient (Wildman–Crippen LogP) is 3.64. The Morgan fingerprint density at radius 1 is 1.00 bits per heavy atom. The van der Waals surface area contributed by atoms with E-state index in [1.807, 2.05) is 18.2 Å². The van der Waals surface area contributed by atoms with E-state index in [4.69, 9.17) is 0 Å². The van der Waals surface area contributed by atoms with Crippen LogP contribution >= 0.6 is 0 Å². The van der Waals surface area contributed by atoms with E-state index in [0.717, 1.165) is 17.4 Å². The van der Waals surface area contributed by atoms with Crippen LogP contribution < -0.4 is 0 Å². The molecule has 0 aliphatic rings. The zero-order valence-corrected chi connectivity index (χ0v) is 13.7. The molecular weight excluding hydrogens is 317 g/mol. The van der Waals surface area contributed by atoms with Gasteiger partial charge in [0, 0.05) is 24.2 Å². The minimum Gasteiger partial charge on any atom is -0.242 e. The van der Waals surface area contributed by atoms with Gasteiger partial charge in [0.05, 0.1) is 11.9 Å². The number of fused-ring (bicyclic) bond motifs is 1. The molecule has 0 radical (unpaired) electrons. The molecule has 0 amide bonds. The minimum absolute atomic E-state index is 0.257. The van der Waals surface area contributed by atoms with Gasteiger partial charge in [-0.2, -0.15) is 5.10 Å². The standard InChI is InChI=1S/C19H16FN5/c1-2-13-10-22-18(23-11-13)17-15-7-5-9-21-19(15)25(24-17)12-14-6-3-4-8-16(14)20/h3-11H,2,12H2,1H3. The molecule has 3 aromatic heterocycles. The predicted molar refractivity (Wildman–Crippen MR) is 93.4 cm³/mol. The summed E-state index contributed by atoms with van der Waals surface area (Å²) in [6.07, 6.45) is 6.19. The van der Waals surface area contributed by atoms with Crippen LogP contribution in [-0.4, -0.2) is 24.7 Å². The molecule has 25 heavy (non-hydrogen) atoms. The Balaban J connectivity index is 1.82. The first-order valence-corrected chi connectivity index (χ1v) is 8.12. The summed E-state index contributed by atoms with van der Waals surface area (Å²) in [5, 5.41) is 5.46. The second-order valence-electron chi connectivity index (χ2n) is 5.74. The second-order valence-corrected chi connectivity index (χ2v) is 5.74. The zero-order valence-electron chi connectivity index (χ0n) is 13.7. The fraction of sp³-hybridized carbons (Fsp3) is 0.158. The molecule has 0 aliphatic heterocycles. The van der Waals surface area contributed by atoms with Crippen molar-refractivity contribution >= 4 is 11.0 Å². The van der Waals surface area contributed by atoms with Crippen LogP contribution in [0.5, 0.6) is 0 Å². The highest BCUT2D eigenvalue weighted by Gasteiger charge is 2.16. The van der Waals surface area contributed by atoms with Crippen LogP contribution in [0.15, 0.2) is 55.0 Å². The normalized spacial score (nSPS) is 11.1. The molecule has 0 unspecified atom stereocenters. The molecule has 0 atom stereocenters. The molecule has 0 spiro atoms. The smallest absolute Gasteiger partial charge is 0.180 e. The molecule has 124 valence electrons. The third-order valence-corrected chi connectivity index (χ3v) is 4.11. The maximum atomic E-state index is 14.0. The van der Waals surface area contributed by atoms with E-state index in [1.165, 1.54) is 6.07 Å². The van der Waals surface area contributed by atoms with E-state index in [-0.39, 0.29) is 5.82 Å². The number of nitrogens with zero attached hydrogens (tertiary/aromatic N) is 5. The van der Waals surface area contributed by atoms with Crippen molar-refractivity contribution in [3.05, 3.63) is 71.9 Å². The molecule has 0 bridgehead atoms. The van der Waals surface area contributed by atoms with Crippen LogP contribution in [-0.2, 0) is 13.0 Å². The average Bonchev–Trinajstić information content (AvgIpc) is 3.02. The van der Waals surface area contributed by atoms with Crippen LogP contribution in [0.3, 0.4) is 0 Å². The topological polar surface area (TPSA) is 56.5 Å². The Labute approximate surface area is 144 Å². The summed E-state index contributed by atoms with van der Waals surface area (Å²) in [6, 6.07) is 10.5. The van der Waals surface area contributed by atoms with Crippen molar-refractivity contribution in [2.75, 3.05) is 0 Å². The molecule has 6 heteroatoms. The molecule has 1 aromatic carbocycles. The summed E-state index contributed by atoms with van der Waals surface area (Å²) >= 11 is 0. The summed E-state index contributed by atoms with van der Waals surface area (Å²) in [5.74, 6) is 0.287. The van der Waals surface area contributed by atoms with Crippen molar-refractivity contribution in [1.82, 2.24) is 24.7 Å². The van der Waals surface area contributed by atoms with Crippen LogP contribution in [0.25, 0.3) is 22.6 Å². The lowest BCUT2D eigenvalue weighted by molar-refractivity contribution is 0.589. The van der Waals surface area contributed by atoms with E-state index in [9.17, 15) is 4.39 Å². The summed E-state index contributed by atoms with van der Waals surface area (Å²) in [5.41, 5.74) is 2.97. The van der Waals surface area contributed by atoms with Gasteiger partial charge in [-0.25, -0.2) is 24.0 Å². The maximum absolute atomic E-state index is 14.0. The Bertz CT molecular complexity index is 1020. The largest absolute Gasteiger partial charge is 0.242 e. The van der Waals surface area contributed by atoms with Crippen LogP contribution in [0.1, 0.15) is 18.1 Å². The average molecular weight is 333 g/mol. The lowest BCUT2D eigenvalue weighted by atomic mass is 10.2.